The van der Waals surface area contributed by atoms with Crippen LogP contribution in [0.1, 0.15) is 18.3 Å². The van der Waals surface area contributed by atoms with Gasteiger partial charge in [0.25, 0.3) is 0 Å². The van der Waals surface area contributed by atoms with E-state index >= 15 is 0 Å². The smallest absolute Gasteiger partial charge is 0.151 e. The number of halogens is 1. The molecule has 2 heterocycles. The Kier molecular flexibility index (Phi) is 4.10. The largest absolute Gasteiger partial charge is 0.399 e. The molecule has 0 spiro atoms. The van der Waals surface area contributed by atoms with Gasteiger partial charge in [0, 0.05) is 18.5 Å². The molecule has 2 N–H and O–H groups in total. The summed E-state index contributed by atoms with van der Waals surface area (Å²) in [5, 5.41) is 5.21. The van der Waals surface area contributed by atoms with E-state index in [4.69, 9.17) is 17.3 Å². The monoisotopic (exact) mass is 338 g/mol. The van der Waals surface area contributed by atoms with Gasteiger partial charge in [-0.15, -0.1) is 11.3 Å². The van der Waals surface area contributed by atoms with Crippen molar-refractivity contribution in [3.05, 3.63) is 34.6 Å². The lowest BCUT2D eigenvalue weighted by Gasteiger charge is -2.00. The molecule has 4 nitrogen and oxygen atoms in total. The third kappa shape index (κ3) is 2.88. The number of nitrogens with two attached hydrogens (primary N) is 1. The van der Waals surface area contributed by atoms with Crippen LogP contribution in [0.15, 0.2) is 22.5 Å². The molecule has 21 heavy (non-hydrogen) atoms. The Balaban J connectivity index is 1.81. The van der Waals surface area contributed by atoms with Crippen LogP contribution >= 0.6 is 34.7 Å². The van der Waals surface area contributed by atoms with Crippen LogP contribution in [0, 0.1) is 0 Å². The van der Waals surface area contributed by atoms with Crippen molar-refractivity contribution in [1.29, 1.82) is 0 Å². The molecule has 3 rings (SSSR count). The van der Waals surface area contributed by atoms with E-state index in [2.05, 4.69) is 17.0 Å². The standard InChI is InChI=1S/C14H15ClN4S2/c1-3-9-13(15)11(19(2)18-9)7-20-14-17-10-5-4-8(16)6-12(10)21-14/h4-6H,3,7,16H2,1-2H3. The van der Waals surface area contributed by atoms with Crippen LogP contribution in [-0.4, -0.2) is 14.8 Å². The molecule has 0 saturated heterocycles. The summed E-state index contributed by atoms with van der Waals surface area (Å²) in [6.45, 7) is 2.06. The molecule has 7 heteroatoms. The topological polar surface area (TPSA) is 56.7 Å². The summed E-state index contributed by atoms with van der Waals surface area (Å²) in [7, 11) is 1.93. The molecule has 0 atom stereocenters. The Morgan fingerprint density at radius 2 is 2.24 bits per heavy atom. The Hall–Kier alpha value is -1.24. The van der Waals surface area contributed by atoms with E-state index in [1.807, 2.05) is 29.9 Å². The highest BCUT2D eigenvalue weighted by molar-refractivity contribution is 8.00. The second-order valence-electron chi connectivity index (χ2n) is 4.68. The Labute approximate surface area is 136 Å². The maximum atomic E-state index is 6.37. The first-order valence-electron chi connectivity index (χ1n) is 6.57. The highest BCUT2D eigenvalue weighted by Gasteiger charge is 2.14. The fourth-order valence-electron chi connectivity index (χ4n) is 2.09. The van der Waals surface area contributed by atoms with Gasteiger partial charge in [-0.05, 0) is 24.6 Å². The van der Waals surface area contributed by atoms with Crippen molar-refractivity contribution in [2.75, 3.05) is 5.73 Å². The summed E-state index contributed by atoms with van der Waals surface area (Å²) >= 11 is 9.70. The summed E-state index contributed by atoms with van der Waals surface area (Å²) in [6, 6.07) is 5.79. The Morgan fingerprint density at radius 1 is 1.43 bits per heavy atom. The summed E-state index contributed by atoms with van der Waals surface area (Å²) < 4.78 is 3.99. The van der Waals surface area contributed by atoms with E-state index in [1.165, 1.54) is 0 Å². The van der Waals surface area contributed by atoms with Crippen molar-refractivity contribution in [2.24, 2.45) is 7.05 Å². The second kappa shape index (κ2) is 5.87. The van der Waals surface area contributed by atoms with Gasteiger partial charge in [0.05, 0.1) is 26.6 Å². The van der Waals surface area contributed by atoms with Crippen molar-refractivity contribution < 1.29 is 0 Å². The van der Waals surface area contributed by atoms with Crippen LogP contribution in [0.4, 0.5) is 5.69 Å². The summed E-state index contributed by atoms with van der Waals surface area (Å²) in [5.41, 5.74) is 9.55. The molecule has 0 amide bonds. The van der Waals surface area contributed by atoms with Gasteiger partial charge in [-0.1, -0.05) is 30.3 Å². The zero-order valence-corrected chi connectivity index (χ0v) is 14.1. The number of hydrogen-bond donors (Lipinski definition) is 1. The van der Waals surface area contributed by atoms with Gasteiger partial charge in [0.2, 0.25) is 0 Å². The number of nitrogens with zero attached hydrogens (tertiary/aromatic N) is 3. The van der Waals surface area contributed by atoms with Crippen molar-refractivity contribution in [3.8, 4) is 0 Å². The highest BCUT2D eigenvalue weighted by atomic mass is 35.5. The Bertz CT molecular complexity index is 794. The average Bonchev–Trinajstić information content (AvgIpc) is 2.97. The van der Waals surface area contributed by atoms with Crippen molar-refractivity contribution >= 4 is 50.6 Å². The third-order valence-corrected chi connectivity index (χ3v) is 5.84. The molecule has 1 aromatic carbocycles. The predicted molar refractivity (Wildman–Crippen MR) is 91.2 cm³/mol. The quantitative estimate of drug-likeness (QED) is 0.574. The van der Waals surface area contributed by atoms with E-state index in [0.717, 1.165) is 48.8 Å². The molecular formula is C14H15ClN4S2. The lowest BCUT2D eigenvalue weighted by Crippen LogP contribution is -1.96. The van der Waals surface area contributed by atoms with Crippen molar-refractivity contribution in [1.82, 2.24) is 14.8 Å². The number of benzene rings is 1. The van der Waals surface area contributed by atoms with Crippen LogP contribution in [0.5, 0.6) is 0 Å². The fraction of sp³-hybridized carbons (Fsp3) is 0.286. The van der Waals surface area contributed by atoms with E-state index in [0.29, 0.717) is 0 Å². The van der Waals surface area contributed by atoms with E-state index in [9.17, 15) is 0 Å². The molecule has 0 fully saturated rings. The minimum Gasteiger partial charge on any atom is -0.399 e. The molecule has 0 saturated carbocycles. The van der Waals surface area contributed by atoms with Gasteiger partial charge in [0.1, 0.15) is 0 Å². The van der Waals surface area contributed by atoms with E-state index in [-0.39, 0.29) is 0 Å². The van der Waals surface area contributed by atoms with Crippen molar-refractivity contribution in [3.63, 3.8) is 0 Å². The second-order valence-corrected chi connectivity index (χ2v) is 7.31. The first-order valence-corrected chi connectivity index (χ1v) is 8.75. The van der Waals surface area contributed by atoms with E-state index < -0.39 is 0 Å². The number of thioether (sulfide) groups is 1. The zero-order chi connectivity index (χ0) is 15.0. The maximum Gasteiger partial charge on any atom is 0.151 e. The maximum absolute atomic E-state index is 6.37. The molecule has 2 aromatic heterocycles. The number of aromatic nitrogens is 3. The van der Waals surface area contributed by atoms with Gasteiger partial charge in [-0.25, -0.2) is 4.98 Å². The molecule has 0 aliphatic rings. The predicted octanol–water partition coefficient (Wildman–Crippen LogP) is 4.12. The van der Waals surface area contributed by atoms with Crippen LogP contribution in [0.25, 0.3) is 10.2 Å². The third-order valence-electron chi connectivity index (χ3n) is 3.23. The minimum atomic E-state index is 0.762. The molecule has 110 valence electrons. The number of thiazole rings is 1. The van der Waals surface area contributed by atoms with Gasteiger partial charge < -0.3 is 5.73 Å². The molecule has 0 aliphatic carbocycles. The minimum absolute atomic E-state index is 0.762. The van der Waals surface area contributed by atoms with Crippen LogP contribution < -0.4 is 5.73 Å². The number of anilines is 1. The number of fused-ring (bicyclic) bond motifs is 1. The zero-order valence-electron chi connectivity index (χ0n) is 11.8. The molecule has 0 bridgehead atoms. The number of hydrogen-bond acceptors (Lipinski definition) is 5. The molecular weight excluding hydrogens is 324 g/mol. The number of rotatable bonds is 4. The summed E-state index contributed by atoms with van der Waals surface area (Å²) in [5.74, 6) is 0.762. The lowest BCUT2D eigenvalue weighted by atomic mass is 10.3. The number of aryl methyl sites for hydroxylation is 2. The molecule has 0 radical (unpaired) electrons. The SMILES string of the molecule is CCc1nn(C)c(CSc2nc3ccc(N)cc3s2)c1Cl. The van der Waals surface area contributed by atoms with Gasteiger partial charge in [-0.3, -0.25) is 4.68 Å². The summed E-state index contributed by atoms with van der Waals surface area (Å²) in [4.78, 5) is 4.61. The van der Waals surface area contributed by atoms with Gasteiger partial charge in [0.15, 0.2) is 4.34 Å². The van der Waals surface area contributed by atoms with Crippen LogP contribution in [0.2, 0.25) is 5.02 Å². The Morgan fingerprint density at radius 3 is 2.95 bits per heavy atom. The number of nitrogen functional groups attached to an aromatic ring is 1. The van der Waals surface area contributed by atoms with Crippen molar-refractivity contribution in [2.45, 2.75) is 23.4 Å². The highest BCUT2D eigenvalue weighted by Crippen LogP contribution is 2.34. The van der Waals surface area contributed by atoms with Crippen LogP contribution in [0.3, 0.4) is 0 Å². The normalized spacial score (nSPS) is 11.4. The lowest BCUT2D eigenvalue weighted by molar-refractivity contribution is 0.720. The van der Waals surface area contributed by atoms with Crippen LogP contribution in [-0.2, 0) is 19.2 Å². The first-order chi connectivity index (χ1) is 10.1. The van der Waals surface area contributed by atoms with Gasteiger partial charge in [-0.2, -0.15) is 5.10 Å². The average molecular weight is 339 g/mol. The fourth-order valence-corrected chi connectivity index (χ4v) is 4.71. The molecule has 3 aromatic rings. The van der Waals surface area contributed by atoms with Gasteiger partial charge >= 0.3 is 0 Å². The first kappa shape index (κ1) is 14.7. The molecule has 0 unspecified atom stereocenters. The summed E-state index contributed by atoms with van der Waals surface area (Å²) in [6.07, 6.45) is 0.845. The van der Waals surface area contributed by atoms with E-state index in [1.54, 1.807) is 23.1 Å². The molecule has 0 aliphatic heterocycles.